The van der Waals surface area contributed by atoms with E-state index in [4.69, 9.17) is 27.9 Å². The second-order valence-corrected chi connectivity index (χ2v) is 12.5. The van der Waals surface area contributed by atoms with E-state index in [2.05, 4.69) is 15.9 Å². The molecule has 3 fully saturated rings. The van der Waals surface area contributed by atoms with Crippen LogP contribution in [0.1, 0.15) is 24.3 Å². The number of allylic oxidation sites excluding steroid dienone is 2. The van der Waals surface area contributed by atoms with Crippen molar-refractivity contribution in [3.05, 3.63) is 64.1 Å². The molecule has 6 atom stereocenters. The molecule has 11 heteroatoms. The number of aromatic hydroxyl groups is 1. The maximum absolute atomic E-state index is 13.9. The maximum Gasteiger partial charge on any atom is 0.253 e. The molecule has 6 unspecified atom stereocenters. The van der Waals surface area contributed by atoms with Gasteiger partial charge < -0.3 is 9.84 Å². The Labute approximate surface area is 242 Å². The van der Waals surface area contributed by atoms with Gasteiger partial charge in [-0.1, -0.05) is 45.8 Å². The smallest absolute Gasteiger partial charge is 0.253 e. The van der Waals surface area contributed by atoms with E-state index in [1.165, 1.54) is 19.1 Å². The van der Waals surface area contributed by atoms with Crippen LogP contribution in [-0.2, 0) is 19.2 Å². The highest BCUT2D eigenvalue weighted by Crippen LogP contribution is 2.66. The maximum atomic E-state index is 13.9. The average molecular weight is 634 g/mol. The van der Waals surface area contributed by atoms with Crippen molar-refractivity contribution in [1.29, 1.82) is 0 Å². The molecule has 6 rings (SSSR count). The zero-order valence-corrected chi connectivity index (χ0v) is 24.0. The van der Waals surface area contributed by atoms with E-state index >= 15 is 0 Å². The van der Waals surface area contributed by atoms with Crippen LogP contribution in [0.25, 0.3) is 0 Å². The molecule has 0 radical (unpaired) electrons. The summed E-state index contributed by atoms with van der Waals surface area (Å²) in [6.45, 7) is 0. The summed E-state index contributed by atoms with van der Waals surface area (Å²) in [7, 11) is 2.71. The van der Waals surface area contributed by atoms with Crippen molar-refractivity contribution in [2.75, 3.05) is 19.1 Å². The molecule has 202 valence electrons. The lowest BCUT2D eigenvalue weighted by molar-refractivity contribution is -0.138. The zero-order chi connectivity index (χ0) is 28.0. The van der Waals surface area contributed by atoms with Crippen molar-refractivity contribution in [1.82, 2.24) is 4.90 Å². The number of phenolic OH excluding ortho intramolecular Hbond substituents is 1. The lowest BCUT2D eigenvalue weighted by Crippen LogP contribution is -2.60. The molecule has 2 aliphatic carbocycles. The number of hydrogen-bond donors (Lipinski definition) is 1. The highest BCUT2D eigenvalue weighted by atomic mass is 79.9. The van der Waals surface area contributed by atoms with E-state index in [1.807, 2.05) is 6.08 Å². The number of anilines is 1. The molecule has 2 aromatic rings. The first kappa shape index (κ1) is 26.3. The molecule has 0 spiro atoms. The van der Waals surface area contributed by atoms with Crippen molar-refractivity contribution < 1.29 is 29.0 Å². The Kier molecular flexibility index (Phi) is 5.95. The van der Waals surface area contributed by atoms with Crippen LogP contribution in [0.5, 0.6) is 11.5 Å². The molecule has 4 amide bonds. The standard InChI is InChI=1S/C28H23BrCl2N2O6/c1-32-25(37)27(30)12-18-15(8-9-16-20(18)24(36)33(23(16)35)14-6-4-3-5-7-14)21(28(27,31)26(32)38)17-10-13(29)11-19(39-2)22(17)34/h3-8,10-11,16,18,20-21,34H,9,12H2,1-2H3. The lowest BCUT2D eigenvalue weighted by atomic mass is 9.56. The molecule has 2 saturated heterocycles. The Morgan fingerprint density at radius 1 is 1.03 bits per heavy atom. The number of para-hydroxylation sites is 1. The Morgan fingerprint density at radius 2 is 1.72 bits per heavy atom. The Balaban J connectivity index is 1.56. The van der Waals surface area contributed by atoms with Gasteiger partial charge in [-0.15, -0.1) is 23.2 Å². The van der Waals surface area contributed by atoms with Crippen LogP contribution in [0, 0.1) is 17.8 Å². The minimum atomic E-state index is -2.00. The molecular formula is C28H23BrCl2N2O6. The van der Waals surface area contributed by atoms with Crippen molar-refractivity contribution in [2.45, 2.75) is 28.5 Å². The summed E-state index contributed by atoms with van der Waals surface area (Å²) in [5.74, 6) is -5.49. The predicted octanol–water partition coefficient (Wildman–Crippen LogP) is 4.36. The number of halogens is 3. The molecule has 4 aliphatic rings. The minimum absolute atomic E-state index is 0.121. The summed E-state index contributed by atoms with van der Waals surface area (Å²) in [5, 5.41) is 11.3. The fourth-order valence-corrected chi connectivity index (χ4v) is 8.36. The number of benzene rings is 2. The first-order valence-electron chi connectivity index (χ1n) is 12.4. The Bertz CT molecular complexity index is 1500. The van der Waals surface area contributed by atoms with Crippen LogP contribution in [0.3, 0.4) is 0 Å². The normalized spacial score (nSPS) is 33.6. The van der Waals surface area contributed by atoms with Crippen molar-refractivity contribution >= 4 is 68.4 Å². The topological polar surface area (TPSA) is 104 Å². The SMILES string of the molecule is COc1cc(Br)cc(C2C3=CCC4C(=O)N(c5ccccc5)C(=O)C4C3CC3(Cl)C(=O)N(C)C(=O)C23Cl)c1O. The van der Waals surface area contributed by atoms with E-state index in [1.54, 1.807) is 42.5 Å². The van der Waals surface area contributed by atoms with Crippen molar-refractivity contribution in [2.24, 2.45) is 17.8 Å². The quantitative estimate of drug-likeness (QED) is 0.306. The van der Waals surface area contributed by atoms with E-state index in [0.29, 0.717) is 15.7 Å². The number of rotatable bonds is 3. The van der Waals surface area contributed by atoms with Gasteiger partial charge in [0.25, 0.3) is 11.8 Å². The van der Waals surface area contributed by atoms with Crippen LogP contribution in [-0.4, -0.2) is 57.5 Å². The third-order valence-corrected chi connectivity index (χ3v) is 10.5. The number of methoxy groups -OCH3 is 1. The first-order valence-corrected chi connectivity index (χ1v) is 13.9. The second-order valence-electron chi connectivity index (χ2n) is 10.4. The highest BCUT2D eigenvalue weighted by molar-refractivity contribution is 9.10. The number of nitrogens with zero attached hydrogens (tertiary/aromatic N) is 2. The van der Waals surface area contributed by atoms with Gasteiger partial charge in [-0.25, -0.2) is 0 Å². The van der Waals surface area contributed by atoms with Gasteiger partial charge in [-0.3, -0.25) is 29.0 Å². The average Bonchev–Trinajstić information content (AvgIpc) is 3.25. The van der Waals surface area contributed by atoms with Gasteiger partial charge in [0.1, 0.15) is 0 Å². The van der Waals surface area contributed by atoms with Gasteiger partial charge in [-0.2, -0.15) is 0 Å². The Hall–Kier alpha value is -2.88. The molecule has 39 heavy (non-hydrogen) atoms. The summed E-state index contributed by atoms with van der Waals surface area (Å²) < 4.78 is 5.89. The second kappa shape index (κ2) is 8.81. The number of carbonyl (C=O) groups is 4. The number of hydrogen-bond acceptors (Lipinski definition) is 6. The van der Waals surface area contributed by atoms with Crippen LogP contribution >= 0.6 is 39.1 Å². The van der Waals surface area contributed by atoms with E-state index in [0.717, 1.165) is 4.90 Å². The van der Waals surface area contributed by atoms with Crippen molar-refractivity contribution in [3.8, 4) is 11.5 Å². The molecule has 2 heterocycles. The van der Waals surface area contributed by atoms with Gasteiger partial charge in [0.05, 0.1) is 24.6 Å². The number of imide groups is 2. The van der Waals surface area contributed by atoms with E-state index < -0.39 is 51.1 Å². The molecular weight excluding hydrogens is 611 g/mol. The number of ether oxygens (including phenoxy) is 1. The van der Waals surface area contributed by atoms with Gasteiger partial charge in [-0.05, 0) is 43.0 Å². The number of phenols is 1. The number of alkyl halides is 2. The van der Waals surface area contributed by atoms with Gasteiger partial charge in [0.2, 0.25) is 11.8 Å². The largest absolute Gasteiger partial charge is 0.504 e. The van der Waals surface area contributed by atoms with Crippen LogP contribution < -0.4 is 9.64 Å². The summed E-state index contributed by atoms with van der Waals surface area (Å²) in [5.41, 5.74) is 1.28. The van der Waals surface area contributed by atoms with E-state index in [9.17, 15) is 24.3 Å². The molecule has 0 bridgehead atoms. The molecule has 2 aliphatic heterocycles. The zero-order valence-electron chi connectivity index (χ0n) is 20.9. The van der Waals surface area contributed by atoms with Crippen molar-refractivity contribution in [3.63, 3.8) is 0 Å². The van der Waals surface area contributed by atoms with Crippen LogP contribution in [0.15, 0.2) is 58.6 Å². The van der Waals surface area contributed by atoms with Gasteiger partial charge in [0, 0.05) is 23.0 Å². The molecule has 0 aromatic heterocycles. The van der Waals surface area contributed by atoms with Crippen LogP contribution in [0.4, 0.5) is 5.69 Å². The molecule has 1 saturated carbocycles. The molecule has 2 aromatic carbocycles. The Morgan fingerprint density at radius 3 is 2.38 bits per heavy atom. The fraction of sp³-hybridized carbons (Fsp3) is 0.357. The molecule has 1 N–H and O–H groups in total. The van der Waals surface area contributed by atoms with Crippen LogP contribution in [0.2, 0.25) is 0 Å². The minimum Gasteiger partial charge on any atom is -0.504 e. The number of carbonyl (C=O) groups excluding carboxylic acids is 4. The van der Waals surface area contributed by atoms with Gasteiger partial charge >= 0.3 is 0 Å². The summed E-state index contributed by atoms with van der Waals surface area (Å²) in [4.78, 5) is 52.8. The summed E-state index contributed by atoms with van der Waals surface area (Å²) in [6, 6.07) is 11.8. The van der Waals surface area contributed by atoms with Gasteiger partial charge in [0.15, 0.2) is 21.2 Å². The number of likely N-dealkylation sites (tertiary alicyclic amines) is 1. The lowest BCUT2D eigenvalue weighted by Gasteiger charge is -2.50. The number of amides is 4. The third kappa shape index (κ3) is 3.30. The first-order chi connectivity index (χ1) is 18.5. The monoisotopic (exact) mass is 632 g/mol. The van der Waals surface area contributed by atoms with E-state index in [-0.39, 0.29) is 35.8 Å². The summed E-state index contributed by atoms with van der Waals surface area (Å²) >= 11 is 17.7. The predicted molar refractivity (Wildman–Crippen MR) is 147 cm³/mol. The fourth-order valence-electron chi connectivity index (χ4n) is 6.89. The highest BCUT2D eigenvalue weighted by Gasteiger charge is 2.76. The number of fused-ring (bicyclic) bond motifs is 4. The molecule has 8 nitrogen and oxygen atoms in total. The third-order valence-electron chi connectivity index (χ3n) is 8.63. The summed E-state index contributed by atoms with van der Waals surface area (Å²) in [6.07, 6.45) is 1.93.